The molecule has 1 aliphatic rings. The highest BCUT2D eigenvalue weighted by Gasteiger charge is 2.61. The van der Waals surface area contributed by atoms with Gasteiger partial charge in [0.2, 0.25) is 6.10 Å². The smallest absolute Gasteiger partial charge is 0.311 e. The number of esters is 1. The molecular formula is C23H22ClNO3. The fraction of sp³-hybridized carbons (Fsp3) is 0.304. The maximum atomic E-state index is 12.7. The van der Waals surface area contributed by atoms with Crippen LogP contribution in [-0.2, 0) is 9.53 Å². The van der Waals surface area contributed by atoms with Crippen LogP contribution in [0.25, 0.3) is 0 Å². The van der Waals surface area contributed by atoms with Crippen molar-refractivity contribution in [2.45, 2.75) is 26.9 Å². The Labute approximate surface area is 170 Å². The lowest BCUT2D eigenvalue weighted by molar-refractivity contribution is -0.149. The highest BCUT2D eigenvalue weighted by molar-refractivity contribution is 6.29. The van der Waals surface area contributed by atoms with Gasteiger partial charge in [-0.05, 0) is 42.5 Å². The number of allylic oxidation sites excluding steroid dienone is 2. The van der Waals surface area contributed by atoms with Crippen molar-refractivity contribution in [2.24, 2.45) is 17.3 Å². The Hall–Kier alpha value is -2.77. The topological polar surface area (TPSA) is 59.3 Å². The minimum atomic E-state index is -0.995. The van der Waals surface area contributed by atoms with E-state index >= 15 is 0 Å². The second-order valence-corrected chi connectivity index (χ2v) is 8.11. The van der Waals surface area contributed by atoms with Gasteiger partial charge in [0.1, 0.15) is 17.6 Å². The van der Waals surface area contributed by atoms with Crippen LogP contribution < -0.4 is 4.74 Å². The van der Waals surface area contributed by atoms with Gasteiger partial charge in [-0.25, -0.2) is 0 Å². The Balaban J connectivity index is 1.72. The van der Waals surface area contributed by atoms with E-state index in [-0.39, 0.29) is 23.2 Å². The molecule has 4 nitrogen and oxygen atoms in total. The summed E-state index contributed by atoms with van der Waals surface area (Å²) in [7, 11) is 0. The molecular weight excluding hydrogens is 374 g/mol. The van der Waals surface area contributed by atoms with Gasteiger partial charge in [0.15, 0.2) is 0 Å². The van der Waals surface area contributed by atoms with E-state index in [1.807, 2.05) is 50.3 Å². The van der Waals surface area contributed by atoms with Crippen LogP contribution in [0.3, 0.4) is 0 Å². The summed E-state index contributed by atoms with van der Waals surface area (Å²) in [6.07, 6.45) is 0.883. The highest BCUT2D eigenvalue weighted by Crippen LogP contribution is 2.60. The molecule has 0 aromatic heterocycles. The molecule has 0 bridgehead atoms. The van der Waals surface area contributed by atoms with Crippen LogP contribution in [0.2, 0.25) is 0 Å². The fourth-order valence-corrected chi connectivity index (χ4v) is 3.55. The summed E-state index contributed by atoms with van der Waals surface area (Å²) in [5.74, 6) is 0.594. The predicted molar refractivity (Wildman–Crippen MR) is 108 cm³/mol. The molecule has 3 unspecified atom stereocenters. The van der Waals surface area contributed by atoms with Gasteiger partial charge in [-0.3, -0.25) is 4.79 Å². The van der Waals surface area contributed by atoms with E-state index in [9.17, 15) is 10.1 Å². The first-order valence-electron chi connectivity index (χ1n) is 9.10. The number of ether oxygens (including phenoxy) is 2. The number of halogens is 1. The SMILES string of the molecule is C/C(Cl)=C/C1C(C(=O)OC(C#N)c2cccc(Oc3ccccc3)c2)C1(C)C. The minimum Gasteiger partial charge on any atom is -0.457 e. The molecule has 1 aliphatic carbocycles. The lowest BCUT2D eigenvalue weighted by atomic mass is 10.1. The Bertz CT molecular complexity index is 926. The zero-order valence-corrected chi connectivity index (χ0v) is 16.8. The zero-order valence-electron chi connectivity index (χ0n) is 16.1. The molecule has 3 atom stereocenters. The molecule has 3 rings (SSSR count). The molecule has 144 valence electrons. The number of carbonyl (C=O) groups is 1. The fourth-order valence-electron chi connectivity index (χ4n) is 3.41. The minimum absolute atomic E-state index is 0.0181. The monoisotopic (exact) mass is 395 g/mol. The number of nitrogens with zero attached hydrogens (tertiary/aromatic N) is 1. The van der Waals surface area contributed by atoms with Crippen LogP contribution >= 0.6 is 11.6 Å². The molecule has 0 saturated heterocycles. The van der Waals surface area contributed by atoms with E-state index < -0.39 is 6.10 Å². The number of hydrogen-bond acceptors (Lipinski definition) is 4. The lowest BCUT2D eigenvalue weighted by Crippen LogP contribution is -2.14. The van der Waals surface area contributed by atoms with Crippen molar-refractivity contribution in [2.75, 3.05) is 0 Å². The third-order valence-electron chi connectivity index (χ3n) is 5.06. The van der Waals surface area contributed by atoms with Crippen LogP contribution in [-0.4, -0.2) is 5.97 Å². The van der Waals surface area contributed by atoms with Crippen molar-refractivity contribution in [3.63, 3.8) is 0 Å². The average Bonchev–Trinajstić information content (AvgIpc) is 3.20. The first-order chi connectivity index (χ1) is 13.3. The van der Waals surface area contributed by atoms with Gasteiger partial charge in [-0.2, -0.15) is 5.26 Å². The number of rotatable bonds is 6. The van der Waals surface area contributed by atoms with Gasteiger partial charge >= 0.3 is 5.97 Å². The normalized spacial score (nSPS) is 21.3. The van der Waals surface area contributed by atoms with E-state index in [0.717, 1.165) is 0 Å². The molecule has 0 spiro atoms. The van der Waals surface area contributed by atoms with Crippen LogP contribution in [0.1, 0.15) is 32.4 Å². The standard InChI is InChI=1S/C23H22ClNO3/c1-15(24)12-19-21(23(19,2)3)22(26)28-20(14-25)16-8-7-11-18(13-16)27-17-9-5-4-6-10-17/h4-13,19-21H,1-3H3/b15-12-. The van der Waals surface area contributed by atoms with Crippen molar-refractivity contribution in [1.82, 2.24) is 0 Å². The summed E-state index contributed by atoms with van der Waals surface area (Å²) in [6.45, 7) is 5.78. The van der Waals surface area contributed by atoms with Crippen molar-refractivity contribution in [1.29, 1.82) is 5.26 Å². The third-order valence-corrected chi connectivity index (χ3v) is 5.19. The molecule has 0 amide bonds. The summed E-state index contributed by atoms with van der Waals surface area (Å²) >= 11 is 5.97. The lowest BCUT2D eigenvalue weighted by Gasteiger charge is -2.13. The van der Waals surface area contributed by atoms with Crippen molar-refractivity contribution < 1.29 is 14.3 Å². The molecule has 2 aromatic rings. The van der Waals surface area contributed by atoms with Crippen LogP contribution in [0.4, 0.5) is 0 Å². The number of carbonyl (C=O) groups excluding carboxylic acids is 1. The van der Waals surface area contributed by atoms with E-state index in [2.05, 4.69) is 6.07 Å². The number of nitriles is 1. The molecule has 0 N–H and O–H groups in total. The summed E-state index contributed by atoms with van der Waals surface area (Å²) in [5, 5.41) is 10.2. The quantitative estimate of drug-likeness (QED) is 0.562. The van der Waals surface area contributed by atoms with Crippen LogP contribution in [0.15, 0.2) is 65.7 Å². The van der Waals surface area contributed by atoms with Crippen LogP contribution in [0.5, 0.6) is 11.5 Å². The second-order valence-electron chi connectivity index (χ2n) is 7.51. The molecule has 0 heterocycles. The van der Waals surface area contributed by atoms with Gasteiger partial charge in [-0.1, -0.05) is 61.9 Å². The Morgan fingerprint density at radius 3 is 2.50 bits per heavy atom. The number of para-hydroxylation sites is 1. The number of benzene rings is 2. The van der Waals surface area contributed by atoms with Crippen LogP contribution in [0, 0.1) is 28.6 Å². The van der Waals surface area contributed by atoms with Gasteiger partial charge in [0, 0.05) is 10.6 Å². The molecule has 1 fully saturated rings. The van der Waals surface area contributed by atoms with Crippen molar-refractivity contribution >= 4 is 17.6 Å². The van der Waals surface area contributed by atoms with E-state index in [4.69, 9.17) is 21.1 Å². The van der Waals surface area contributed by atoms with Crippen molar-refractivity contribution in [3.8, 4) is 17.6 Å². The number of hydrogen-bond donors (Lipinski definition) is 0. The summed E-state index contributed by atoms with van der Waals surface area (Å²) < 4.78 is 11.3. The third kappa shape index (κ3) is 4.37. The predicted octanol–water partition coefficient (Wildman–Crippen LogP) is 6.00. The molecule has 28 heavy (non-hydrogen) atoms. The first-order valence-corrected chi connectivity index (χ1v) is 9.47. The van der Waals surface area contributed by atoms with Gasteiger partial charge < -0.3 is 9.47 Å². The summed E-state index contributed by atoms with van der Waals surface area (Å²) in [6, 6.07) is 18.4. The first kappa shape index (κ1) is 20.0. The highest BCUT2D eigenvalue weighted by atomic mass is 35.5. The Morgan fingerprint density at radius 1 is 1.18 bits per heavy atom. The molecule has 0 radical (unpaired) electrons. The average molecular weight is 396 g/mol. The largest absolute Gasteiger partial charge is 0.457 e. The maximum Gasteiger partial charge on any atom is 0.311 e. The molecule has 0 aliphatic heterocycles. The Morgan fingerprint density at radius 2 is 1.86 bits per heavy atom. The Kier molecular flexibility index (Phi) is 5.76. The molecule has 1 saturated carbocycles. The molecule has 2 aromatic carbocycles. The zero-order chi connectivity index (χ0) is 20.3. The summed E-state index contributed by atoms with van der Waals surface area (Å²) in [4.78, 5) is 12.7. The second kappa shape index (κ2) is 8.08. The van der Waals surface area contributed by atoms with Crippen molar-refractivity contribution in [3.05, 3.63) is 71.3 Å². The van der Waals surface area contributed by atoms with E-state index in [0.29, 0.717) is 22.1 Å². The van der Waals surface area contributed by atoms with E-state index in [1.54, 1.807) is 31.2 Å². The summed E-state index contributed by atoms with van der Waals surface area (Å²) in [5.41, 5.74) is 0.342. The van der Waals surface area contributed by atoms with Gasteiger partial charge in [0.05, 0.1) is 5.92 Å². The van der Waals surface area contributed by atoms with Gasteiger partial charge in [-0.15, -0.1) is 0 Å². The molecule has 5 heteroatoms. The van der Waals surface area contributed by atoms with Gasteiger partial charge in [0.25, 0.3) is 0 Å². The van der Waals surface area contributed by atoms with E-state index in [1.165, 1.54) is 0 Å². The maximum absolute atomic E-state index is 12.7.